The van der Waals surface area contributed by atoms with Gasteiger partial charge in [0.2, 0.25) is 0 Å². The molecule has 2 aliphatic rings. The molecule has 2 saturated carbocycles. The average molecular weight is 381 g/mol. The standard InChI is InChI=1S/C22H21F2N3O/c23-15-7-8-16(18(24)11-15)20-26-21(27-28-20)22(9-4-10-22)13-25-19-12-17(19)14-5-2-1-3-6-14/h1-3,5-8,11,17,19,25H,4,9-10,12-13H2/t17-,19+/m1/s1. The van der Waals surface area contributed by atoms with Crippen molar-refractivity contribution in [2.75, 3.05) is 6.54 Å². The predicted molar refractivity (Wildman–Crippen MR) is 101 cm³/mol. The minimum absolute atomic E-state index is 0.104. The molecule has 144 valence electrons. The van der Waals surface area contributed by atoms with E-state index in [0.29, 0.717) is 17.8 Å². The Morgan fingerprint density at radius 3 is 2.64 bits per heavy atom. The lowest BCUT2D eigenvalue weighted by Crippen LogP contribution is -2.45. The van der Waals surface area contributed by atoms with Gasteiger partial charge < -0.3 is 9.84 Å². The van der Waals surface area contributed by atoms with Crippen molar-refractivity contribution in [1.82, 2.24) is 15.5 Å². The van der Waals surface area contributed by atoms with Crippen LogP contribution in [0.4, 0.5) is 8.78 Å². The van der Waals surface area contributed by atoms with Gasteiger partial charge in [0.25, 0.3) is 5.89 Å². The molecular formula is C22H21F2N3O. The van der Waals surface area contributed by atoms with Gasteiger partial charge in [-0.05, 0) is 37.0 Å². The zero-order valence-corrected chi connectivity index (χ0v) is 15.4. The molecule has 2 fully saturated rings. The number of aromatic nitrogens is 2. The van der Waals surface area contributed by atoms with Gasteiger partial charge in [-0.25, -0.2) is 8.78 Å². The summed E-state index contributed by atoms with van der Waals surface area (Å²) >= 11 is 0. The predicted octanol–water partition coefficient (Wildman–Crippen LogP) is 4.58. The zero-order valence-electron chi connectivity index (χ0n) is 15.4. The van der Waals surface area contributed by atoms with Crippen molar-refractivity contribution in [2.45, 2.75) is 43.1 Å². The van der Waals surface area contributed by atoms with Gasteiger partial charge in [-0.15, -0.1) is 0 Å². The van der Waals surface area contributed by atoms with E-state index in [0.717, 1.165) is 38.3 Å². The van der Waals surface area contributed by atoms with Crippen molar-refractivity contribution < 1.29 is 13.3 Å². The molecule has 1 N–H and O–H groups in total. The lowest BCUT2D eigenvalue weighted by atomic mass is 9.68. The third kappa shape index (κ3) is 3.11. The maximum absolute atomic E-state index is 14.0. The van der Waals surface area contributed by atoms with Crippen LogP contribution in [0.15, 0.2) is 53.1 Å². The second-order valence-corrected chi connectivity index (χ2v) is 7.92. The Balaban J connectivity index is 1.29. The Bertz CT molecular complexity index is 984. The van der Waals surface area contributed by atoms with Crippen LogP contribution in [0, 0.1) is 11.6 Å². The molecule has 0 saturated heterocycles. The van der Waals surface area contributed by atoms with Gasteiger partial charge in [-0.2, -0.15) is 4.98 Å². The Kier molecular flexibility index (Phi) is 4.23. The van der Waals surface area contributed by atoms with E-state index in [9.17, 15) is 8.78 Å². The first-order chi connectivity index (χ1) is 13.6. The number of nitrogens with zero attached hydrogens (tertiary/aromatic N) is 2. The molecule has 0 aliphatic heterocycles. The van der Waals surface area contributed by atoms with Gasteiger partial charge in [-0.1, -0.05) is 41.9 Å². The van der Waals surface area contributed by atoms with Crippen LogP contribution in [0.1, 0.15) is 43.0 Å². The van der Waals surface area contributed by atoms with Crippen molar-refractivity contribution in [2.24, 2.45) is 0 Å². The first-order valence-corrected chi connectivity index (χ1v) is 9.73. The summed E-state index contributed by atoms with van der Waals surface area (Å²) in [6, 6.07) is 14.4. The van der Waals surface area contributed by atoms with E-state index in [1.807, 2.05) is 6.07 Å². The van der Waals surface area contributed by atoms with Crippen molar-refractivity contribution in [3.8, 4) is 11.5 Å². The molecule has 0 amide bonds. The highest BCUT2D eigenvalue weighted by molar-refractivity contribution is 5.53. The zero-order chi connectivity index (χ0) is 19.1. The lowest BCUT2D eigenvalue weighted by Gasteiger charge is -2.39. The molecular weight excluding hydrogens is 360 g/mol. The Morgan fingerprint density at radius 2 is 1.93 bits per heavy atom. The molecule has 3 aromatic rings. The number of benzene rings is 2. The SMILES string of the molecule is Fc1ccc(-c2nc(C3(CN[C@H]4C[C@@H]4c4ccccc4)CCC3)no2)c(F)c1. The average Bonchev–Trinajstić information content (AvgIpc) is 3.29. The first kappa shape index (κ1) is 17.5. The van der Waals surface area contributed by atoms with E-state index >= 15 is 0 Å². The number of nitrogens with one attached hydrogen (secondary N) is 1. The molecule has 5 rings (SSSR count). The number of hydrogen-bond acceptors (Lipinski definition) is 4. The van der Waals surface area contributed by atoms with E-state index in [2.05, 4.69) is 39.7 Å². The number of halogens is 2. The van der Waals surface area contributed by atoms with E-state index < -0.39 is 11.6 Å². The lowest BCUT2D eigenvalue weighted by molar-refractivity contribution is 0.211. The Morgan fingerprint density at radius 1 is 1.11 bits per heavy atom. The second kappa shape index (κ2) is 6.78. The van der Waals surface area contributed by atoms with Crippen LogP contribution in [0.2, 0.25) is 0 Å². The van der Waals surface area contributed by atoms with Crippen molar-refractivity contribution >= 4 is 0 Å². The van der Waals surface area contributed by atoms with Gasteiger partial charge in [0.15, 0.2) is 5.82 Å². The fourth-order valence-corrected chi connectivity index (χ4v) is 4.11. The third-order valence-electron chi connectivity index (χ3n) is 6.09. The van der Waals surface area contributed by atoms with Crippen LogP contribution >= 0.6 is 0 Å². The molecule has 0 spiro atoms. The van der Waals surface area contributed by atoms with E-state index in [-0.39, 0.29) is 16.9 Å². The topological polar surface area (TPSA) is 51.0 Å². The highest BCUT2D eigenvalue weighted by atomic mass is 19.1. The first-order valence-electron chi connectivity index (χ1n) is 9.73. The van der Waals surface area contributed by atoms with Crippen molar-refractivity contribution in [3.05, 3.63) is 71.6 Å². The van der Waals surface area contributed by atoms with Gasteiger partial charge >= 0.3 is 0 Å². The minimum Gasteiger partial charge on any atom is -0.334 e. The van der Waals surface area contributed by atoms with Crippen LogP contribution < -0.4 is 5.32 Å². The molecule has 0 radical (unpaired) electrons. The van der Waals surface area contributed by atoms with Gasteiger partial charge in [-0.3, -0.25) is 0 Å². The smallest absolute Gasteiger partial charge is 0.260 e. The van der Waals surface area contributed by atoms with Gasteiger partial charge in [0.1, 0.15) is 11.6 Å². The molecule has 1 aromatic heterocycles. The van der Waals surface area contributed by atoms with Crippen molar-refractivity contribution in [3.63, 3.8) is 0 Å². The summed E-state index contributed by atoms with van der Waals surface area (Å²) in [5.41, 5.74) is 1.34. The van der Waals surface area contributed by atoms with Crippen molar-refractivity contribution in [1.29, 1.82) is 0 Å². The van der Waals surface area contributed by atoms with E-state index in [1.165, 1.54) is 17.7 Å². The Labute approximate surface area is 162 Å². The summed E-state index contributed by atoms with van der Waals surface area (Å²) in [6.07, 6.45) is 4.21. The maximum atomic E-state index is 14.0. The third-order valence-corrected chi connectivity index (χ3v) is 6.09. The van der Waals surface area contributed by atoms with Crippen LogP contribution in [0.3, 0.4) is 0 Å². The fourth-order valence-electron chi connectivity index (χ4n) is 4.11. The summed E-state index contributed by atoms with van der Waals surface area (Å²) < 4.78 is 32.5. The van der Waals surface area contributed by atoms with Crippen LogP contribution in [-0.4, -0.2) is 22.7 Å². The summed E-state index contributed by atoms with van der Waals surface area (Å²) in [5, 5.41) is 7.81. The molecule has 1 heterocycles. The van der Waals surface area contributed by atoms with E-state index in [1.54, 1.807) is 0 Å². The molecule has 28 heavy (non-hydrogen) atoms. The molecule has 2 atom stereocenters. The highest BCUT2D eigenvalue weighted by Gasteiger charge is 2.46. The van der Waals surface area contributed by atoms with Crippen LogP contribution in [0.25, 0.3) is 11.5 Å². The van der Waals surface area contributed by atoms with Crippen LogP contribution in [0.5, 0.6) is 0 Å². The minimum atomic E-state index is -0.695. The Hall–Kier alpha value is -2.60. The van der Waals surface area contributed by atoms with Gasteiger partial charge in [0, 0.05) is 30.0 Å². The molecule has 0 bridgehead atoms. The molecule has 0 unspecified atom stereocenters. The van der Waals surface area contributed by atoms with E-state index in [4.69, 9.17) is 4.52 Å². The largest absolute Gasteiger partial charge is 0.334 e. The number of hydrogen-bond donors (Lipinski definition) is 1. The highest BCUT2D eigenvalue weighted by Crippen LogP contribution is 2.45. The second-order valence-electron chi connectivity index (χ2n) is 7.92. The van der Waals surface area contributed by atoms with Gasteiger partial charge in [0.05, 0.1) is 5.56 Å². The normalized spacial score (nSPS) is 22.6. The summed E-state index contributed by atoms with van der Waals surface area (Å²) in [6.45, 7) is 0.784. The maximum Gasteiger partial charge on any atom is 0.260 e. The quantitative estimate of drug-likeness (QED) is 0.679. The fraction of sp³-hybridized carbons (Fsp3) is 0.364. The molecule has 4 nitrogen and oxygen atoms in total. The molecule has 2 aliphatic carbocycles. The van der Waals surface area contributed by atoms with Crippen LogP contribution in [-0.2, 0) is 5.41 Å². The summed E-state index contributed by atoms with van der Waals surface area (Å²) in [7, 11) is 0. The number of rotatable bonds is 6. The monoisotopic (exact) mass is 381 g/mol. The summed E-state index contributed by atoms with van der Waals surface area (Å²) in [5.74, 6) is -0.0422. The molecule has 6 heteroatoms. The summed E-state index contributed by atoms with van der Waals surface area (Å²) in [4.78, 5) is 4.46. The molecule has 2 aromatic carbocycles.